The summed E-state index contributed by atoms with van der Waals surface area (Å²) in [6.07, 6.45) is 0.0428. The molecule has 0 bridgehead atoms. The van der Waals surface area contributed by atoms with Crippen molar-refractivity contribution in [3.05, 3.63) is 65.8 Å². The van der Waals surface area contributed by atoms with Gasteiger partial charge in [-0.2, -0.15) is 18.2 Å². The van der Waals surface area contributed by atoms with Crippen LogP contribution in [0.25, 0.3) is 11.4 Å². The maximum Gasteiger partial charge on any atom is 0.416 e. The van der Waals surface area contributed by atoms with E-state index < -0.39 is 11.7 Å². The van der Waals surface area contributed by atoms with E-state index >= 15 is 0 Å². The molecule has 1 aromatic carbocycles. The second-order valence-electron chi connectivity index (χ2n) is 6.62. The zero-order chi connectivity index (χ0) is 18.9. The van der Waals surface area contributed by atoms with Gasteiger partial charge in [-0.05, 0) is 36.7 Å². The lowest BCUT2D eigenvalue weighted by Crippen LogP contribution is -2.19. The first kappa shape index (κ1) is 17.7. The van der Waals surface area contributed by atoms with Gasteiger partial charge >= 0.3 is 6.18 Å². The Hall–Kier alpha value is -2.74. The highest BCUT2D eigenvalue weighted by molar-refractivity contribution is 5.55. The Kier molecular flexibility index (Phi) is 4.65. The number of rotatable bonds is 4. The molecular formula is C19H17F3N4O. The van der Waals surface area contributed by atoms with Crippen LogP contribution in [0.5, 0.6) is 0 Å². The summed E-state index contributed by atoms with van der Waals surface area (Å²) >= 11 is 0. The number of nitrogens with zero attached hydrogens (tertiary/aromatic N) is 4. The summed E-state index contributed by atoms with van der Waals surface area (Å²) in [5.74, 6) is 0.728. The quantitative estimate of drug-likeness (QED) is 0.687. The Morgan fingerprint density at radius 2 is 2.07 bits per heavy atom. The zero-order valence-electron chi connectivity index (χ0n) is 14.4. The second kappa shape index (κ2) is 7.11. The van der Waals surface area contributed by atoms with Crippen molar-refractivity contribution in [1.29, 1.82) is 0 Å². The van der Waals surface area contributed by atoms with Crippen LogP contribution >= 0.6 is 0 Å². The summed E-state index contributed by atoms with van der Waals surface area (Å²) in [5.41, 5.74) is 0.702. The second-order valence-corrected chi connectivity index (χ2v) is 6.62. The van der Waals surface area contributed by atoms with Crippen molar-refractivity contribution >= 4 is 0 Å². The van der Waals surface area contributed by atoms with E-state index in [1.165, 1.54) is 6.07 Å². The first-order valence-corrected chi connectivity index (χ1v) is 8.61. The lowest BCUT2D eigenvalue weighted by Gasteiger charge is -2.14. The van der Waals surface area contributed by atoms with Crippen molar-refractivity contribution in [3.8, 4) is 11.4 Å². The molecule has 5 nitrogen and oxygen atoms in total. The number of halogens is 3. The highest BCUT2D eigenvalue weighted by atomic mass is 19.4. The average Bonchev–Trinajstić information content (AvgIpc) is 3.31. The van der Waals surface area contributed by atoms with Crippen molar-refractivity contribution in [2.75, 3.05) is 13.1 Å². The average molecular weight is 374 g/mol. The topological polar surface area (TPSA) is 55.1 Å². The van der Waals surface area contributed by atoms with Crippen molar-refractivity contribution in [3.63, 3.8) is 0 Å². The van der Waals surface area contributed by atoms with Crippen LogP contribution in [0, 0.1) is 0 Å². The number of benzene rings is 1. The Balaban J connectivity index is 1.46. The molecule has 0 saturated carbocycles. The molecule has 2 aromatic heterocycles. The van der Waals surface area contributed by atoms with E-state index in [0.29, 0.717) is 11.5 Å². The monoisotopic (exact) mass is 374 g/mol. The largest absolute Gasteiger partial charge is 0.416 e. The molecule has 3 aromatic rings. The highest BCUT2D eigenvalue weighted by Gasteiger charge is 2.31. The Morgan fingerprint density at radius 1 is 1.19 bits per heavy atom. The fourth-order valence-corrected chi connectivity index (χ4v) is 3.28. The van der Waals surface area contributed by atoms with Gasteiger partial charge in [0.15, 0.2) is 0 Å². The molecule has 1 aliphatic heterocycles. The summed E-state index contributed by atoms with van der Waals surface area (Å²) in [7, 11) is 0. The van der Waals surface area contributed by atoms with E-state index in [2.05, 4.69) is 20.0 Å². The van der Waals surface area contributed by atoms with E-state index in [0.717, 1.165) is 43.8 Å². The van der Waals surface area contributed by atoms with Crippen LogP contribution in [0.2, 0.25) is 0 Å². The first-order valence-electron chi connectivity index (χ1n) is 8.61. The van der Waals surface area contributed by atoms with Gasteiger partial charge in [0.2, 0.25) is 11.7 Å². The molecular weight excluding hydrogens is 357 g/mol. The predicted octanol–water partition coefficient (Wildman–Crippen LogP) is 4.14. The van der Waals surface area contributed by atoms with Gasteiger partial charge in [-0.25, -0.2) is 0 Å². The Labute approximate surface area is 153 Å². The molecule has 0 amide bonds. The summed E-state index contributed by atoms with van der Waals surface area (Å²) in [5, 5.41) is 3.88. The van der Waals surface area contributed by atoms with Gasteiger partial charge in [-0.3, -0.25) is 9.88 Å². The summed E-state index contributed by atoms with van der Waals surface area (Å²) < 4.78 is 44.0. The van der Waals surface area contributed by atoms with Gasteiger partial charge in [0.1, 0.15) is 0 Å². The normalized spacial score (nSPS) is 18.1. The minimum absolute atomic E-state index is 0.0775. The molecule has 0 aliphatic carbocycles. The van der Waals surface area contributed by atoms with Crippen LogP contribution in [0.15, 0.2) is 53.3 Å². The van der Waals surface area contributed by atoms with Crippen LogP contribution in [-0.2, 0) is 12.7 Å². The minimum Gasteiger partial charge on any atom is -0.339 e. The summed E-state index contributed by atoms with van der Waals surface area (Å²) in [6.45, 7) is 2.44. The van der Waals surface area contributed by atoms with E-state index in [-0.39, 0.29) is 11.7 Å². The molecule has 1 fully saturated rings. The highest BCUT2D eigenvalue weighted by Crippen LogP contribution is 2.32. The van der Waals surface area contributed by atoms with Crippen LogP contribution in [-0.4, -0.2) is 33.1 Å². The maximum atomic E-state index is 12.9. The number of hydrogen-bond acceptors (Lipinski definition) is 5. The van der Waals surface area contributed by atoms with E-state index in [4.69, 9.17) is 4.52 Å². The SMILES string of the molecule is FC(F)(F)c1cccc(-c2noc([C@@H]3CCN(Cc4cccnc4)C3)n2)c1. The number of alkyl halides is 3. The van der Waals surface area contributed by atoms with Crippen LogP contribution in [0.4, 0.5) is 13.2 Å². The number of aromatic nitrogens is 3. The van der Waals surface area contributed by atoms with Gasteiger partial charge in [0.05, 0.1) is 11.5 Å². The molecule has 0 spiro atoms. The molecule has 0 unspecified atom stereocenters. The molecule has 3 heterocycles. The third-order valence-corrected chi connectivity index (χ3v) is 4.64. The van der Waals surface area contributed by atoms with Gasteiger partial charge in [0, 0.05) is 31.0 Å². The van der Waals surface area contributed by atoms with Crippen LogP contribution < -0.4 is 0 Å². The van der Waals surface area contributed by atoms with Gasteiger partial charge < -0.3 is 4.52 Å². The lowest BCUT2D eigenvalue weighted by atomic mass is 10.1. The number of hydrogen-bond donors (Lipinski definition) is 0. The van der Waals surface area contributed by atoms with Crippen molar-refractivity contribution < 1.29 is 17.7 Å². The first-order chi connectivity index (χ1) is 13.0. The molecule has 1 aliphatic rings. The Bertz CT molecular complexity index is 911. The van der Waals surface area contributed by atoms with Crippen molar-refractivity contribution in [2.45, 2.75) is 25.1 Å². The summed E-state index contributed by atoms with van der Waals surface area (Å²) in [6, 6.07) is 8.89. The summed E-state index contributed by atoms with van der Waals surface area (Å²) in [4.78, 5) is 10.7. The molecule has 0 N–H and O–H groups in total. The molecule has 0 radical (unpaired) electrons. The number of likely N-dealkylation sites (tertiary alicyclic amines) is 1. The van der Waals surface area contributed by atoms with Crippen LogP contribution in [0.3, 0.4) is 0 Å². The molecule has 140 valence electrons. The van der Waals surface area contributed by atoms with E-state index in [1.54, 1.807) is 12.3 Å². The van der Waals surface area contributed by atoms with Crippen LogP contribution in [0.1, 0.15) is 29.4 Å². The standard InChI is InChI=1S/C19H17F3N4O/c20-19(21,22)16-5-1-4-14(9-16)17-24-18(27-25-17)15-6-8-26(12-15)11-13-3-2-7-23-10-13/h1-5,7,9-10,15H,6,8,11-12H2/t15-/m1/s1. The zero-order valence-corrected chi connectivity index (χ0v) is 14.4. The van der Waals surface area contributed by atoms with Crippen molar-refractivity contribution in [1.82, 2.24) is 20.0 Å². The van der Waals surface area contributed by atoms with Gasteiger partial charge in [-0.15, -0.1) is 0 Å². The van der Waals surface area contributed by atoms with Gasteiger partial charge in [-0.1, -0.05) is 23.4 Å². The maximum absolute atomic E-state index is 12.9. The van der Waals surface area contributed by atoms with Gasteiger partial charge in [0.25, 0.3) is 0 Å². The molecule has 8 heteroatoms. The van der Waals surface area contributed by atoms with Crippen molar-refractivity contribution in [2.24, 2.45) is 0 Å². The van der Waals surface area contributed by atoms with E-state index in [1.807, 2.05) is 18.3 Å². The smallest absolute Gasteiger partial charge is 0.339 e. The lowest BCUT2D eigenvalue weighted by molar-refractivity contribution is -0.137. The molecule has 4 rings (SSSR count). The molecule has 27 heavy (non-hydrogen) atoms. The fraction of sp³-hybridized carbons (Fsp3) is 0.316. The molecule has 1 atom stereocenters. The Morgan fingerprint density at radius 3 is 2.85 bits per heavy atom. The molecule has 1 saturated heterocycles. The minimum atomic E-state index is -4.40. The number of pyridine rings is 1. The van der Waals surface area contributed by atoms with E-state index in [9.17, 15) is 13.2 Å². The fourth-order valence-electron chi connectivity index (χ4n) is 3.28. The third kappa shape index (κ3) is 4.00. The third-order valence-electron chi connectivity index (χ3n) is 4.64. The predicted molar refractivity (Wildman–Crippen MR) is 91.6 cm³/mol.